The number of rotatable bonds is 4. The van der Waals surface area contributed by atoms with E-state index in [0.29, 0.717) is 25.0 Å². The molecule has 1 rings (SSSR count). The molecular weight excluding hydrogens is 204 g/mol. The van der Waals surface area contributed by atoms with Crippen molar-refractivity contribution in [2.24, 2.45) is 11.8 Å². The lowest BCUT2D eigenvalue weighted by atomic mass is 10.2. The highest BCUT2D eigenvalue weighted by molar-refractivity contribution is 5.55. The van der Waals surface area contributed by atoms with E-state index in [2.05, 4.69) is 18.7 Å². The first kappa shape index (κ1) is 13.0. The molecule has 16 heavy (non-hydrogen) atoms. The molecule has 4 nitrogen and oxygen atoms in total. The van der Waals surface area contributed by atoms with Crippen molar-refractivity contribution in [3.8, 4) is 0 Å². The molecule has 0 aliphatic carbocycles. The zero-order valence-corrected chi connectivity index (χ0v) is 10.6. The topological polar surface area (TPSA) is 43.4 Å². The van der Waals surface area contributed by atoms with Gasteiger partial charge in [0.25, 0.3) is 6.09 Å². The van der Waals surface area contributed by atoms with Crippen molar-refractivity contribution in [3.05, 3.63) is 12.4 Å². The zero-order chi connectivity index (χ0) is 12.3. The van der Waals surface area contributed by atoms with Crippen LogP contribution in [0.15, 0.2) is 12.4 Å². The Labute approximate surface area is 97.7 Å². The van der Waals surface area contributed by atoms with Crippen molar-refractivity contribution in [3.63, 3.8) is 0 Å². The predicted octanol–water partition coefficient (Wildman–Crippen LogP) is 1.20. The zero-order valence-electron chi connectivity index (χ0n) is 10.6. The molecule has 1 atom stereocenters. The number of carbonyl (C=O) groups is 1. The fourth-order valence-corrected chi connectivity index (χ4v) is 2.19. The van der Waals surface area contributed by atoms with Gasteiger partial charge in [-0.05, 0) is 5.92 Å². The Bertz CT molecular complexity index is 287. The van der Waals surface area contributed by atoms with Gasteiger partial charge in [-0.3, -0.25) is 0 Å². The molecule has 1 aliphatic heterocycles. The van der Waals surface area contributed by atoms with Crippen LogP contribution >= 0.6 is 0 Å². The number of carbonyl (C=O) groups excluding carboxylic acids is 1. The molecule has 92 valence electrons. The van der Waals surface area contributed by atoms with Gasteiger partial charge in [0.05, 0.1) is 12.7 Å². The average molecular weight is 226 g/mol. The highest BCUT2D eigenvalue weighted by atomic mass is 16.4. The molecule has 0 saturated carbocycles. The Kier molecular flexibility index (Phi) is 3.97. The van der Waals surface area contributed by atoms with E-state index in [1.165, 1.54) is 0 Å². The Balaban J connectivity index is 2.70. The van der Waals surface area contributed by atoms with Crippen LogP contribution in [0.5, 0.6) is 0 Å². The van der Waals surface area contributed by atoms with Gasteiger partial charge in [0, 0.05) is 12.5 Å². The Morgan fingerprint density at radius 3 is 2.44 bits per heavy atom. The second-order valence-corrected chi connectivity index (χ2v) is 5.48. The van der Waals surface area contributed by atoms with Crippen LogP contribution in [0.25, 0.3) is 0 Å². The number of quaternary nitrogens is 1. The fourth-order valence-electron chi connectivity index (χ4n) is 2.19. The quantitative estimate of drug-likeness (QED) is 0.677. The van der Waals surface area contributed by atoms with Crippen LogP contribution < -0.4 is 5.11 Å². The minimum Gasteiger partial charge on any atom is -0.498 e. The maximum atomic E-state index is 11.3. The van der Waals surface area contributed by atoms with Gasteiger partial charge < -0.3 is 14.8 Å². The van der Waals surface area contributed by atoms with Gasteiger partial charge in [0.1, 0.15) is 6.20 Å². The number of amides is 1. The van der Waals surface area contributed by atoms with E-state index in [1.54, 1.807) is 6.20 Å². The molecule has 0 aromatic heterocycles. The van der Waals surface area contributed by atoms with E-state index in [1.807, 2.05) is 20.0 Å². The summed E-state index contributed by atoms with van der Waals surface area (Å²) in [6.07, 6.45) is 2.63. The van der Waals surface area contributed by atoms with Gasteiger partial charge in [-0.15, -0.1) is 0 Å². The lowest BCUT2D eigenvalue weighted by Gasteiger charge is -2.34. The third-order valence-corrected chi connectivity index (χ3v) is 2.65. The molecule has 1 unspecified atom stereocenters. The molecule has 4 heteroatoms. The predicted molar refractivity (Wildman–Crippen MR) is 60.9 cm³/mol. The third-order valence-electron chi connectivity index (χ3n) is 2.65. The smallest absolute Gasteiger partial charge is 0.263 e. The SMILES string of the molecule is CC(C)CN1C=C[N+](CC(C)C)(C(=O)[O-])C1. The number of hydrogen-bond donors (Lipinski definition) is 0. The maximum Gasteiger partial charge on any atom is 0.263 e. The molecular formula is C12H22N2O2. The lowest BCUT2D eigenvalue weighted by Crippen LogP contribution is -2.57. The van der Waals surface area contributed by atoms with E-state index >= 15 is 0 Å². The highest BCUT2D eigenvalue weighted by Crippen LogP contribution is 2.21. The number of hydrogen-bond acceptors (Lipinski definition) is 3. The highest BCUT2D eigenvalue weighted by Gasteiger charge is 2.35. The second kappa shape index (κ2) is 4.87. The van der Waals surface area contributed by atoms with Crippen LogP contribution in [0.1, 0.15) is 27.7 Å². The molecule has 0 aromatic carbocycles. The summed E-state index contributed by atoms with van der Waals surface area (Å²) in [6, 6.07) is 0. The van der Waals surface area contributed by atoms with Crippen LogP contribution in [-0.4, -0.2) is 35.2 Å². The van der Waals surface area contributed by atoms with Gasteiger partial charge in [-0.1, -0.05) is 27.7 Å². The molecule has 1 aliphatic rings. The Hall–Kier alpha value is -1.03. The summed E-state index contributed by atoms with van der Waals surface area (Å²) in [5, 5.41) is 11.3. The summed E-state index contributed by atoms with van der Waals surface area (Å²) in [5.41, 5.74) is 0. The van der Waals surface area contributed by atoms with Crippen LogP contribution in [0.3, 0.4) is 0 Å². The molecule has 0 bridgehead atoms. The number of nitrogens with zero attached hydrogens (tertiary/aromatic N) is 2. The van der Waals surface area contributed by atoms with Crippen molar-refractivity contribution < 1.29 is 14.4 Å². The normalized spacial score (nSPS) is 24.8. The Morgan fingerprint density at radius 2 is 2.00 bits per heavy atom. The fraction of sp³-hybridized carbons (Fsp3) is 0.750. The van der Waals surface area contributed by atoms with Gasteiger partial charge in [0.2, 0.25) is 0 Å². The molecule has 0 saturated heterocycles. The maximum absolute atomic E-state index is 11.3. The average Bonchev–Trinajstić information content (AvgIpc) is 2.47. The summed E-state index contributed by atoms with van der Waals surface area (Å²) < 4.78 is -0.0651. The minimum atomic E-state index is -1.00. The van der Waals surface area contributed by atoms with E-state index in [9.17, 15) is 9.90 Å². The van der Waals surface area contributed by atoms with E-state index in [-0.39, 0.29) is 4.48 Å². The first-order valence-electron chi connectivity index (χ1n) is 5.87. The van der Waals surface area contributed by atoms with Crippen molar-refractivity contribution in [2.45, 2.75) is 27.7 Å². The van der Waals surface area contributed by atoms with Crippen LogP contribution in [0, 0.1) is 11.8 Å². The monoisotopic (exact) mass is 226 g/mol. The van der Waals surface area contributed by atoms with Crippen LogP contribution in [-0.2, 0) is 0 Å². The van der Waals surface area contributed by atoms with Crippen molar-refractivity contribution in [2.75, 3.05) is 19.8 Å². The molecule has 0 fully saturated rings. The van der Waals surface area contributed by atoms with E-state index in [0.717, 1.165) is 6.54 Å². The standard InChI is InChI=1S/C12H22N2O2/c1-10(2)7-13-5-6-14(9-13,12(15)16)8-11(3)4/h5-6,10-11H,7-9H2,1-4H3. The Morgan fingerprint density at radius 1 is 1.38 bits per heavy atom. The summed E-state index contributed by atoms with van der Waals surface area (Å²) in [4.78, 5) is 13.3. The van der Waals surface area contributed by atoms with Crippen LogP contribution in [0.4, 0.5) is 4.79 Å². The largest absolute Gasteiger partial charge is 0.498 e. The molecule has 0 aromatic rings. The number of carboxylic acid groups (broad SMARTS) is 1. The lowest BCUT2D eigenvalue weighted by molar-refractivity contribution is -0.833. The first-order valence-corrected chi connectivity index (χ1v) is 5.87. The second-order valence-electron chi connectivity index (χ2n) is 5.48. The van der Waals surface area contributed by atoms with E-state index in [4.69, 9.17) is 0 Å². The third kappa shape index (κ3) is 2.98. The summed E-state index contributed by atoms with van der Waals surface area (Å²) in [6.45, 7) is 10.3. The molecule has 0 radical (unpaired) electrons. The van der Waals surface area contributed by atoms with Crippen molar-refractivity contribution in [1.29, 1.82) is 0 Å². The molecule has 0 N–H and O–H groups in total. The first-order chi connectivity index (χ1) is 7.35. The minimum absolute atomic E-state index is 0.0651. The van der Waals surface area contributed by atoms with Gasteiger partial charge in [-0.2, -0.15) is 0 Å². The van der Waals surface area contributed by atoms with Crippen molar-refractivity contribution in [1.82, 2.24) is 4.90 Å². The summed E-state index contributed by atoms with van der Waals surface area (Å²) in [5.74, 6) is 0.868. The van der Waals surface area contributed by atoms with Gasteiger partial charge in [0.15, 0.2) is 6.67 Å². The summed E-state index contributed by atoms with van der Waals surface area (Å²) >= 11 is 0. The molecule has 1 amide bonds. The van der Waals surface area contributed by atoms with Crippen molar-refractivity contribution >= 4 is 6.09 Å². The van der Waals surface area contributed by atoms with Gasteiger partial charge in [-0.25, -0.2) is 4.48 Å². The van der Waals surface area contributed by atoms with Crippen LogP contribution in [0.2, 0.25) is 0 Å². The molecule has 0 spiro atoms. The van der Waals surface area contributed by atoms with E-state index < -0.39 is 6.09 Å². The van der Waals surface area contributed by atoms with Gasteiger partial charge >= 0.3 is 0 Å². The molecule has 1 heterocycles. The summed E-state index contributed by atoms with van der Waals surface area (Å²) in [7, 11) is 0.